The van der Waals surface area contributed by atoms with Crippen LogP contribution in [0.3, 0.4) is 0 Å². The summed E-state index contributed by atoms with van der Waals surface area (Å²) in [6, 6.07) is 7.97. The molecule has 1 N–H and O–H groups in total. The molecule has 1 atom stereocenters. The van der Waals surface area contributed by atoms with Gasteiger partial charge in [0, 0.05) is 44.2 Å². The number of fused-ring (bicyclic) bond motifs is 1. The van der Waals surface area contributed by atoms with Crippen LogP contribution in [0.25, 0.3) is 0 Å². The standard InChI is InChI=1S/C23H33N3O3/c1-23(22(28)24-19-8-3-2-4-9-19)17-18-7-5-6-10-20(18)21(27)26(23)12-11-25-13-15-29-16-14-25/h5-7,10,19H,2-4,8-9,11-17H2,1H3,(H,24,28). The van der Waals surface area contributed by atoms with Crippen LogP contribution in [0.5, 0.6) is 0 Å². The molecule has 0 radical (unpaired) electrons. The second kappa shape index (κ2) is 8.84. The maximum atomic E-state index is 13.5. The number of benzene rings is 1. The third-order valence-corrected chi connectivity index (χ3v) is 6.80. The number of nitrogens with zero attached hydrogens (tertiary/aromatic N) is 2. The van der Waals surface area contributed by atoms with E-state index < -0.39 is 5.54 Å². The van der Waals surface area contributed by atoms with Gasteiger partial charge in [-0.1, -0.05) is 37.5 Å². The van der Waals surface area contributed by atoms with E-state index in [4.69, 9.17) is 4.74 Å². The van der Waals surface area contributed by atoms with E-state index in [-0.39, 0.29) is 17.9 Å². The molecule has 158 valence electrons. The molecule has 0 bridgehead atoms. The van der Waals surface area contributed by atoms with Gasteiger partial charge in [0.1, 0.15) is 5.54 Å². The van der Waals surface area contributed by atoms with E-state index >= 15 is 0 Å². The van der Waals surface area contributed by atoms with Gasteiger partial charge in [-0.25, -0.2) is 0 Å². The summed E-state index contributed by atoms with van der Waals surface area (Å²) in [5.41, 5.74) is 0.855. The molecule has 4 rings (SSSR count). The van der Waals surface area contributed by atoms with Crippen molar-refractivity contribution in [3.8, 4) is 0 Å². The van der Waals surface area contributed by atoms with Crippen molar-refractivity contribution in [3.63, 3.8) is 0 Å². The molecule has 1 aromatic rings. The quantitative estimate of drug-likeness (QED) is 0.825. The average Bonchev–Trinajstić information content (AvgIpc) is 2.75. The molecule has 1 saturated heterocycles. The van der Waals surface area contributed by atoms with E-state index in [1.54, 1.807) is 0 Å². The molecule has 2 aliphatic heterocycles. The highest BCUT2D eigenvalue weighted by molar-refractivity contribution is 6.02. The molecule has 2 amide bonds. The van der Waals surface area contributed by atoms with Crippen molar-refractivity contribution >= 4 is 11.8 Å². The summed E-state index contributed by atoms with van der Waals surface area (Å²) in [6.45, 7) is 6.49. The van der Waals surface area contributed by atoms with Gasteiger partial charge in [-0.2, -0.15) is 0 Å². The monoisotopic (exact) mass is 399 g/mol. The van der Waals surface area contributed by atoms with Crippen LogP contribution < -0.4 is 5.32 Å². The Labute approximate surface area is 173 Å². The molecule has 6 heteroatoms. The number of ether oxygens (including phenoxy) is 1. The van der Waals surface area contributed by atoms with E-state index in [0.29, 0.717) is 13.0 Å². The molecule has 2 heterocycles. The molecular weight excluding hydrogens is 366 g/mol. The van der Waals surface area contributed by atoms with Crippen LogP contribution in [0.1, 0.15) is 54.9 Å². The van der Waals surface area contributed by atoms with Gasteiger partial charge >= 0.3 is 0 Å². The molecule has 0 spiro atoms. The number of nitrogens with one attached hydrogen (secondary N) is 1. The van der Waals surface area contributed by atoms with Gasteiger partial charge in [0.05, 0.1) is 13.2 Å². The Morgan fingerprint density at radius 3 is 2.62 bits per heavy atom. The Morgan fingerprint density at radius 2 is 1.86 bits per heavy atom. The minimum absolute atomic E-state index is 0.00534. The van der Waals surface area contributed by atoms with E-state index in [1.807, 2.05) is 36.1 Å². The third-order valence-electron chi connectivity index (χ3n) is 6.80. The van der Waals surface area contributed by atoms with Crippen LogP contribution in [0.4, 0.5) is 0 Å². The highest BCUT2D eigenvalue weighted by Crippen LogP contribution is 2.32. The Morgan fingerprint density at radius 1 is 1.14 bits per heavy atom. The van der Waals surface area contributed by atoms with Gasteiger partial charge in [-0.3, -0.25) is 14.5 Å². The summed E-state index contributed by atoms with van der Waals surface area (Å²) in [5.74, 6) is -0.0318. The fraction of sp³-hybridized carbons (Fsp3) is 0.652. The number of rotatable bonds is 5. The Kier molecular flexibility index (Phi) is 6.20. The lowest BCUT2D eigenvalue weighted by atomic mass is 9.82. The Balaban J connectivity index is 1.55. The first kappa shape index (κ1) is 20.4. The van der Waals surface area contributed by atoms with Gasteiger partial charge in [-0.15, -0.1) is 0 Å². The highest BCUT2D eigenvalue weighted by Gasteiger charge is 2.47. The first-order chi connectivity index (χ1) is 14.1. The van der Waals surface area contributed by atoms with E-state index in [2.05, 4.69) is 10.2 Å². The van der Waals surface area contributed by atoms with Gasteiger partial charge in [0.15, 0.2) is 0 Å². The highest BCUT2D eigenvalue weighted by atomic mass is 16.5. The number of morpholine rings is 1. The van der Waals surface area contributed by atoms with Crippen LogP contribution in [-0.4, -0.2) is 72.6 Å². The first-order valence-electron chi connectivity index (χ1n) is 11.1. The summed E-state index contributed by atoms with van der Waals surface area (Å²) in [7, 11) is 0. The maximum absolute atomic E-state index is 13.5. The van der Waals surface area contributed by atoms with Crippen molar-refractivity contribution in [1.29, 1.82) is 0 Å². The molecule has 1 unspecified atom stereocenters. The molecule has 2 fully saturated rings. The van der Waals surface area contributed by atoms with Crippen molar-refractivity contribution < 1.29 is 14.3 Å². The fourth-order valence-corrected chi connectivity index (χ4v) is 4.92. The Hall–Kier alpha value is -1.92. The predicted molar refractivity (Wildman–Crippen MR) is 112 cm³/mol. The van der Waals surface area contributed by atoms with Crippen molar-refractivity contribution in [2.45, 2.75) is 57.0 Å². The second-order valence-electron chi connectivity index (χ2n) is 8.83. The molecule has 6 nitrogen and oxygen atoms in total. The number of hydrogen-bond acceptors (Lipinski definition) is 4. The average molecular weight is 400 g/mol. The summed E-state index contributed by atoms with van der Waals surface area (Å²) < 4.78 is 5.44. The number of carbonyl (C=O) groups excluding carboxylic acids is 2. The molecule has 3 aliphatic rings. The lowest BCUT2D eigenvalue weighted by Gasteiger charge is -2.45. The zero-order valence-corrected chi connectivity index (χ0v) is 17.5. The summed E-state index contributed by atoms with van der Waals surface area (Å²) in [4.78, 5) is 31.0. The van der Waals surface area contributed by atoms with Crippen molar-refractivity contribution in [2.75, 3.05) is 39.4 Å². The molecular formula is C23H33N3O3. The number of amides is 2. The molecule has 1 saturated carbocycles. The van der Waals surface area contributed by atoms with Gasteiger partial charge in [0.2, 0.25) is 5.91 Å². The van der Waals surface area contributed by atoms with Crippen molar-refractivity contribution in [3.05, 3.63) is 35.4 Å². The largest absolute Gasteiger partial charge is 0.379 e. The molecule has 1 aromatic carbocycles. The van der Waals surface area contributed by atoms with Crippen LogP contribution in [-0.2, 0) is 16.0 Å². The molecule has 29 heavy (non-hydrogen) atoms. The van der Waals surface area contributed by atoms with E-state index in [9.17, 15) is 9.59 Å². The van der Waals surface area contributed by atoms with Crippen LogP contribution in [0, 0.1) is 0 Å². The Bertz CT molecular complexity index is 741. The maximum Gasteiger partial charge on any atom is 0.255 e. The SMILES string of the molecule is CC1(C(=O)NC2CCCCC2)Cc2ccccc2C(=O)N1CCN1CCOCC1. The van der Waals surface area contributed by atoms with E-state index in [1.165, 1.54) is 19.3 Å². The van der Waals surface area contributed by atoms with Crippen LogP contribution in [0.2, 0.25) is 0 Å². The lowest BCUT2D eigenvalue weighted by Crippen LogP contribution is -2.64. The smallest absolute Gasteiger partial charge is 0.255 e. The van der Waals surface area contributed by atoms with Gasteiger partial charge in [0.25, 0.3) is 5.91 Å². The van der Waals surface area contributed by atoms with Crippen molar-refractivity contribution in [2.24, 2.45) is 0 Å². The first-order valence-corrected chi connectivity index (χ1v) is 11.1. The minimum atomic E-state index is -0.852. The fourth-order valence-electron chi connectivity index (χ4n) is 4.92. The van der Waals surface area contributed by atoms with Gasteiger partial charge < -0.3 is 15.0 Å². The van der Waals surface area contributed by atoms with Crippen LogP contribution in [0.15, 0.2) is 24.3 Å². The topological polar surface area (TPSA) is 61.9 Å². The minimum Gasteiger partial charge on any atom is -0.379 e. The zero-order valence-electron chi connectivity index (χ0n) is 17.5. The third kappa shape index (κ3) is 4.33. The number of carbonyl (C=O) groups is 2. The summed E-state index contributed by atoms with van der Waals surface area (Å²) in [5, 5.41) is 3.28. The second-order valence-corrected chi connectivity index (χ2v) is 8.83. The summed E-state index contributed by atoms with van der Waals surface area (Å²) in [6.07, 6.45) is 6.24. The van der Waals surface area contributed by atoms with E-state index in [0.717, 1.165) is 56.8 Å². The zero-order chi connectivity index (χ0) is 20.3. The van der Waals surface area contributed by atoms with Gasteiger partial charge in [-0.05, 0) is 31.4 Å². The molecule has 1 aliphatic carbocycles. The normalized spacial score (nSPS) is 26.2. The lowest BCUT2D eigenvalue weighted by molar-refractivity contribution is -0.132. The van der Waals surface area contributed by atoms with Crippen LogP contribution >= 0.6 is 0 Å². The predicted octanol–water partition coefficient (Wildman–Crippen LogP) is 2.22. The summed E-state index contributed by atoms with van der Waals surface area (Å²) >= 11 is 0. The molecule has 0 aromatic heterocycles. The van der Waals surface area contributed by atoms with Crippen molar-refractivity contribution in [1.82, 2.24) is 15.1 Å². The number of hydrogen-bond donors (Lipinski definition) is 1.